The molecule has 1 fully saturated rings. The van der Waals surface area contributed by atoms with Crippen LogP contribution in [0.1, 0.15) is 28.8 Å². The van der Waals surface area contributed by atoms with Crippen LogP contribution in [0.5, 0.6) is 0 Å². The minimum atomic E-state index is -0.668. The molecule has 2 heterocycles. The lowest BCUT2D eigenvalue weighted by Gasteiger charge is -2.18. The van der Waals surface area contributed by atoms with Gasteiger partial charge < -0.3 is 10.2 Å². The molecule has 6 heteroatoms. The highest BCUT2D eigenvalue weighted by Gasteiger charge is 2.23. The molecule has 0 atom stereocenters. The van der Waals surface area contributed by atoms with Crippen molar-refractivity contribution >= 4 is 28.2 Å². The topological polar surface area (TPSA) is 45.2 Å². The Morgan fingerprint density at radius 3 is 2.52 bits per heavy atom. The molecule has 1 aliphatic rings. The first-order valence-electron chi connectivity index (χ1n) is 8.93. The zero-order chi connectivity index (χ0) is 19.0. The molecule has 138 valence electrons. The van der Waals surface area contributed by atoms with Gasteiger partial charge >= 0.3 is 0 Å². The third-order valence-electron chi connectivity index (χ3n) is 4.87. The van der Waals surface area contributed by atoms with Crippen molar-refractivity contribution in [3.8, 4) is 0 Å². The molecule has 0 aliphatic carbocycles. The summed E-state index contributed by atoms with van der Waals surface area (Å²) in [4.78, 5) is 19.2. The maximum absolute atomic E-state index is 13.5. The number of carbonyl (C=O) groups is 1. The summed E-state index contributed by atoms with van der Waals surface area (Å²) < 4.78 is 27.0. The largest absolute Gasteiger partial charge is 0.340 e. The summed E-state index contributed by atoms with van der Waals surface area (Å²) in [6.07, 6.45) is 3.58. The number of hydrogen-bond donors (Lipinski definition) is 1. The second-order valence-corrected chi connectivity index (χ2v) is 6.80. The number of aromatic nitrogens is 1. The van der Waals surface area contributed by atoms with Crippen molar-refractivity contribution in [2.75, 3.05) is 18.4 Å². The number of pyridine rings is 1. The number of rotatable bonds is 3. The lowest BCUT2D eigenvalue weighted by atomic mass is 10.0. The number of aryl methyl sites for hydroxylation is 1. The minimum absolute atomic E-state index is 0.0253. The number of halogens is 2. The molecule has 1 aromatic heterocycles. The van der Waals surface area contributed by atoms with E-state index in [1.54, 1.807) is 6.20 Å². The summed E-state index contributed by atoms with van der Waals surface area (Å²) in [5.74, 6) is -0.906. The zero-order valence-corrected chi connectivity index (χ0v) is 14.9. The lowest BCUT2D eigenvalue weighted by Crippen LogP contribution is -2.28. The normalized spacial score (nSPS) is 14.0. The van der Waals surface area contributed by atoms with Crippen LogP contribution in [0.25, 0.3) is 10.8 Å². The maximum Gasteiger partial charge on any atom is 0.256 e. The molecule has 1 saturated heterocycles. The van der Waals surface area contributed by atoms with Gasteiger partial charge in [-0.3, -0.25) is 4.79 Å². The Hall–Kier alpha value is -3.02. The van der Waals surface area contributed by atoms with Crippen LogP contribution in [-0.2, 0) is 0 Å². The Morgan fingerprint density at radius 1 is 1.11 bits per heavy atom. The number of likely N-dealkylation sites (tertiary alicyclic amines) is 1. The fourth-order valence-corrected chi connectivity index (χ4v) is 3.60. The SMILES string of the molecule is Cc1cccc2c(Nc3cc(F)cc(F)c3)ncc(C(=O)N3CCCC3)c12. The first kappa shape index (κ1) is 17.4. The first-order valence-corrected chi connectivity index (χ1v) is 8.93. The van der Waals surface area contributed by atoms with Gasteiger partial charge in [0.2, 0.25) is 0 Å². The van der Waals surface area contributed by atoms with Gasteiger partial charge in [-0.2, -0.15) is 0 Å². The van der Waals surface area contributed by atoms with Crippen molar-refractivity contribution in [3.05, 3.63) is 65.4 Å². The highest BCUT2D eigenvalue weighted by molar-refractivity contribution is 6.10. The van der Waals surface area contributed by atoms with Gasteiger partial charge in [0.05, 0.1) is 5.56 Å². The summed E-state index contributed by atoms with van der Waals surface area (Å²) in [5, 5.41) is 4.52. The molecular weight excluding hydrogens is 348 g/mol. The molecule has 4 rings (SSSR count). The van der Waals surface area contributed by atoms with Gasteiger partial charge in [0.15, 0.2) is 0 Å². The number of carbonyl (C=O) groups excluding carboxylic acids is 1. The van der Waals surface area contributed by atoms with Crippen LogP contribution in [0.15, 0.2) is 42.6 Å². The number of amides is 1. The van der Waals surface area contributed by atoms with E-state index in [4.69, 9.17) is 0 Å². The van der Waals surface area contributed by atoms with E-state index >= 15 is 0 Å². The van der Waals surface area contributed by atoms with Crippen molar-refractivity contribution in [2.45, 2.75) is 19.8 Å². The molecule has 1 amide bonds. The van der Waals surface area contributed by atoms with E-state index in [2.05, 4.69) is 10.3 Å². The highest BCUT2D eigenvalue weighted by Crippen LogP contribution is 2.31. The summed E-state index contributed by atoms with van der Waals surface area (Å²) in [7, 11) is 0. The monoisotopic (exact) mass is 367 g/mol. The van der Waals surface area contributed by atoms with Crippen molar-refractivity contribution in [3.63, 3.8) is 0 Å². The molecule has 2 aromatic carbocycles. The molecule has 0 radical (unpaired) electrons. The molecule has 4 nitrogen and oxygen atoms in total. The van der Waals surface area contributed by atoms with E-state index in [1.807, 2.05) is 30.0 Å². The van der Waals surface area contributed by atoms with Crippen LogP contribution in [0.4, 0.5) is 20.3 Å². The summed E-state index contributed by atoms with van der Waals surface area (Å²) in [6.45, 7) is 3.46. The standard InChI is InChI=1S/C21H19F2N3O/c1-13-5-4-6-17-19(13)18(21(27)26-7-2-3-8-26)12-24-20(17)25-16-10-14(22)9-15(23)11-16/h4-6,9-12H,2-3,7-8H2,1H3,(H,24,25). The van der Waals surface area contributed by atoms with Gasteiger partial charge in [-0.25, -0.2) is 13.8 Å². The smallest absolute Gasteiger partial charge is 0.256 e. The number of nitrogens with one attached hydrogen (secondary N) is 1. The molecule has 3 aromatic rings. The van der Waals surface area contributed by atoms with E-state index in [-0.39, 0.29) is 11.6 Å². The Balaban J connectivity index is 1.80. The lowest BCUT2D eigenvalue weighted by molar-refractivity contribution is 0.0794. The average Bonchev–Trinajstić information content (AvgIpc) is 3.16. The Bertz CT molecular complexity index is 1010. The van der Waals surface area contributed by atoms with Crippen molar-refractivity contribution in [1.29, 1.82) is 0 Å². The van der Waals surface area contributed by atoms with Gasteiger partial charge in [-0.15, -0.1) is 0 Å². The number of fused-ring (bicyclic) bond motifs is 1. The Labute approximate surface area is 155 Å². The fourth-order valence-electron chi connectivity index (χ4n) is 3.60. The van der Waals surface area contributed by atoms with Gasteiger partial charge in [0.1, 0.15) is 17.5 Å². The average molecular weight is 367 g/mol. The van der Waals surface area contributed by atoms with Crippen molar-refractivity contribution < 1.29 is 13.6 Å². The second kappa shape index (κ2) is 6.95. The molecule has 0 unspecified atom stereocenters. The summed E-state index contributed by atoms with van der Waals surface area (Å²) in [6, 6.07) is 8.90. The van der Waals surface area contributed by atoms with Crippen LogP contribution < -0.4 is 5.32 Å². The molecule has 0 saturated carbocycles. The van der Waals surface area contributed by atoms with Gasteiger partial charge in [-0.1, -0.05) is 18.2 Å². The molecule has 0 bridgehead atoms. The number of benzene rings is 2. The zero-order valence-electron chi connectivity index (χ0n) is 14.9. The summed E-state index contributed by atoms with van der Waals surface area (Å²) in [5.41, 5.74) is 1.77. The van der Waals surface area contributed by atoms with Crippen LogP contribution in [0.3, 0.4) is 0 Å². The quantitative estimate of drug-likeness (QED) is 0.723. The first-order chi connectivity index (χ1) is 13.0. The molecule has 1 aliphatic heterocycles. The Morgan fingerprint density at radius 2 is 1.81 bits per heavy atom. The van der Waals surface area contributed by atoms with Gasteiger partial charge in [-0.05, 0) is 37.5 Å². The number of hydrogen-bond acceptors (Lipinski definition) is 3. The van der Waals surface area contributed by atoms with E-state index in [0.29, 0.717) is 11.4 Å². The Kier molecular flexibility index (Phi) is 4.48. The second-order valence-electron chi connectivity index (χ2n) is 6.80. The predicted molar refractivity (Wildman–Crippen MR) is 101 cm³/mol. The third kappa shape index (κ3) is 3.35. The highest BCUT2D eigenvalue weighted by atomic mass is 19.1. The fraction of sp³-hybridized carbons (Fsp3) is 0.238. The minimum Gasteiger partial charge on any atom is -0.340 e. The maximum atomic E-state index is 13.5. The van der Waals surface area contributed by atoms with Gasteiger partial charge in [0.25, 0.3) is 5.91 Å². The summed E-state index contributed by atoms with van der Waals surface area (Å²) >= 11 is 0. The van der Waals surface area contributed by atoms with Crippen molar-refractivity contribution in [2.24, 2.45) is 0 Å². The number of anilines is 2. The molecule has 0 spiro atoms. The van der Waals surface area contributed by atoms with Gasteiger partial charge in [0, 0.05) is 41.8 Å². The molecular formula is C21H19F2N3O. The van der Waals surface area contributed by atoms with Crippen LogP contribution >= 0.6 is 0 Å². The van der Waals surface area contributed by atoms with Crippen LogP contribution in [-0.4, -0.2) is 28.9 Å². The van der Waals surface area contributed by atoms with Crippen LogP contribution in [0.2, 0.25) is 0 Å². The van der Waals surface area contributed by atoms with Crippen LogP contribution in [0, 0.1) is 18.6 Å². The van der Waals surface area contributed by atoms with E-state index < -0.39 is 11.6 Å². The third-order valence-corrected chi connectivity index (χ3v) is 4.87. The predicted octanol–water partition coefficient (Wildman–Crippen LogP) is 4.80. The molecule has 1 N–H and O–H groups in total. The molecule has 27 heavy (non-hydrogen) atoms. The number of nitrogens with zero attached hydrogens (tertiary/aromatic N) is 2. The van der Waals surface area contributed by atoms with E-state index in [1.165, 1.54) is 12.1 Å². The van der Waals surface area contributed by atoms with Crippen molar-refractivity contribution in [1.82, 2.24) is 9.88 Å². The van der Waals surface area contributed by atoms with E-state index in [0.717, 1.165) is 48.3 Å². The van der Waals surface area contributed by atoms with E-state index in [9.17, 15) is 13.6 Å².